The van der Waals surface area contributed by atoms with E-state index in [9.17, 15) is 4.79 Å². The monoisotopic (exact) mass is 438 g/mol. The van der Waals surface area contributed by atoms with Crippen LogP contribution in [0.3, 0.4) is 0 Å². The van der Waals surface area contributed by atoms with E-state index >= 15 is 0 Å². The molecule has 0 radical (unpaired) electrons. The number of rotatable bonds is 9. The first-order valence-electron chi connectivity index (χ1n) is 10.6. The summed E-state index contributed by atoms with van der Waals surface area (Å²) < 4.78 is 7.99. The zero-order valence-electron chi connectivity index (χ0n) is 18.9. The van der Waals surface area contributed by atoms with Crippen molar-refractivity contribution in [2.75, 3.05) is 11.1 Å². The van der Waals surface area contributed by atoms with Gasteiger partial charge in [-0.25, -0.2) is 0 Å². The number of nitrogens with zero attached hydrogens (tertiary/aromatic N) is 3. The minimum absolute atomic E-state index is 0.0483. The van der Waals surface area contributed by atoms with E-state index < -0.39 is 0 Å². The van der Waals surface area contributed by atoms with E-state index in [0.717, 1.165) is 51.1 Å². The number of ether oxygens (including phenoxy) is 1. The third kappa shape index (κ3) is 5.67. The fraction of sp³-hybridized carbons (Fsp3) is 0.375. The molecule has 0 saturated carbocycles. The number of hydrogen-bond donors (Lipinski definition) is 1. The number of carbonyl (C=O) groups is 1. The molecule has 0 atom stereocenters. The molecule has 0 aliphatic heterocycles. The van der Waals surface area contributed by atoms with E-state index in [2.05, 4.69) is 28.5 Å². The first-order chi connectivity index (χ1) is 14.9. The molecule has 31 heavy (non-hydrogen) atoms. The number of aromatic nitrogens is 3. The van der Waals surface area contributed by atoms with Crippen molar-refractivity contribution in [1.82, 2.24) is 14.8 Å². The molecule has 164 valence electrons. The van der Waals surface area contributed by atoms with Crippen LogP contribution in [0.5, 0.6) is 5.75 Å². The van der Waals surface area contributed by atoms with E-state index in [-0.39, 0.29) is 11.7 Å². The second-order valence-electron chi connectivity index (χ2n) is 7.50. The predicted octanol–water partition coefficient (Wildman–Crippen LogP) is 5.10. The standard InChI is InChI=1S/C24H30N4O2S/c1-6-19-10-8-9-18(5)23(19)25-22(29)15-31-24-27-26-21(28(24)7-2)14-30-20-13-16(3)11-12-17(20)4/h8-13H,6-7,14-15H2,1-5H3,(H,25,29). The molecule has 1 heterocycles. The van der Waals surface area contributed by atoms with Gasteiger partial charge in [0.2, 0.25) is 5.91 Å². The maximum Gasteiger partial charge on any atom is 0.234 e. The third-order valence-corrected chi connectivity index (χ3v) is 6.11. The maximum atomic E-state index is 12.6. The minimum atomic E-state index is -0.0483. The fourth-order valence-electron chi connectivity index (χ4n) is 3.36. The third-order valence-electron chi connectivity index (χ3n) is 5.15. The second-order valence-corrected chi connectivity index (χ2v) is 8.44. The normalized spacial score (nSPS) is 10.9. The van der Waals surface area contributed by atoms with Crippen LogP contribution < -0.4 is 10.1 Å². The van der Waals surface area contributed by atoms with Crippen molar-refractivity contribution in [3.63, 3.8) is 0 Å². The number of amides is 1. The van der Waals surface area contributed by atoms with Gasteiger partial charge >= 0.3 is 0 Å². The molecule has 2 aromatic carbocycles. The summed E-state index contributed by atoms with van der Waals surface area (Å²) in [6.07, 6.45) is 0.873. The van der Waals surface area contributed by atoms with Gasteiger partial charge in [0.25, 0.3) is 0 Å². The Balaban J connectivity index is 1.63. The topological polar surface area (TPSA) is 69.0 Å². The molecule has 0 bridgehead atoms. The van der Waals surface area contributed by atoms with Gasteiger partial charge < -0.3 is 14.6 Å². The quantitative estimate of drug-likeness (QED) is 0.471. The largest absolute Gasteiger partial charge is 0.485 e. The van der Waals surface area contributed by atoms with Crippen LogP contribution in [-0.4, -0.2) is 26.4 Å². The highest BCUT2D eigenvalue weighted by Crippen LogP contribution is 2.24. The highest BCUT2D eigenvalue weighted by atomic mass is 32.2. The van der Waals surface area contributed by atoms with Crippen LogP contribution in [-0.2, 0) is 24.4 Å². The number of carbonyl (C=O) groups excluding carboxylic acids is 1. The van der Waals surface area contributed by atoms with Crippen LogP contribution in [0.25, 0.3) is 0 Å². The SMILES string of the molecule is CCc1cccc(C)c1NC(=O)CSc1nnc(COc2cc(C)ccc2C)n1CC. The fourth-order valence-corrected chi connectivity index (χ4v) is 4.18. The maximum absolute atomic E-state index is 12.6. The summed E-state index contributed by atoms with van der Waals surface area (Å²) in [5.74, 6) is 1.82. The molecular formula is C24H30N4O2S. The molecule has 0 fully saturated rings. The van der Waals surface area contributed by atoms with E-state index in [1.54, 1.807) is 0 Å². The summed E-state index contributed by atoms with van der Waals surface area (Å²) in [6.45, 7) is 11.2. The Labute approximate surface area is 188 Å². The second kappa shape index (κ2) is 10.5. The van der Waals surface area contributed by atoms with Gasteiger partial charge in [-0.1, -0.05) is 49.0 Å². The lowest BCUT2D eigenvalue weighted by atomic mass is 10.1. The molecule has 7 heteroatoms. The average molecular weight is 439 g/mol. The summed E-state index contributed by atoms with van der Waals surface area (Å²) >= 11 is 1.39. The smallest absolute Gasteiger partial charge is 0.234 e. The number of nitrogens with one attached hydrogen (secondary N) is 1. The number of hydrogen-bond acceptors (Lipinski definition) is 5. The highest BCUT2D eigenvalue weighted by molar-refractivity contribution is 7.99. The first-order valence-corrected chi connectivity index (χ1v) is 11.5. The zero-order valence-corrected chi connectivity index (χ0v) is 19.7. The van der Waals surface area contributed by atoms with Crippen LogP contribution in [0, 0.1) is 20.8 Å². The molecule has 3 rings (SSSR count). The van der Waals surface area contributed by atoms with E-state index in [1.807, 2.05) is 62.6 Å². The van der Waals surface area contributed by atoms with Crippen LogP contribution in [0.1, 0.15) is 41.9 Å². The van der Waals surface area contributed by atoms with Crippen molar-refractivity contribution in [1.29, 1.82) is 0 Å². The van der Waals surface area contributed by atoms with Crippen molar-refractivity contribution in [3.05, 3.63) is 64.5 Å². The molecule has 0 aliphatic rings. The van der Waals surface area contributed by atoms with Gasteiger partial charge in [0.15, 0.2) is 11.0 Å². The van der Waals surface area contributed by atoms with Crippen molar-refractivity contribution < 1.29 is 9.53 Å². The summed E-state index contributed by atoms with van der Waals surface area (Å²) in [6, 6.07) is 12.2. The van der Waals surface area contributed by atoms with Gasteiger partial charge in [-0.2, -0.15) is 0 Å². The van der Waals surface area contributed by atoms with Crippen LogP contribution in [0.15, 0.2) is 41.6 Å². The predicted molar refractivity (Wildman–Crippen MR) is 126 cm³/mol. The number of anilines is 1. The van der Waals surface area contributed by atoms with Crippen LogP contribution >= 0.6 is 11.8 Å². The van der Waals surface area contributed by atoms with Gasteiger partial charge in [-0.05, 0) is 62.4 Å². The Kier molecular flexibility index (Phi) is 7.74. The lowest BCUT2D eigenvalue weighted by molar-refractivity contribution is -0.113. The number of benzene rings is 2. The summed E-state index contributed by atoms with van der Waals surface area (Å²) in [5, 5.41) is 12.4. The van der Waals surface area contributed by atoms with E-state index in [4.69, 9.17) is 4.74 Å². The molecule has 0 saturated heterocycles. The van der Waals surface area contributed by atoms with E-state index in [1.165, 1.54) is 11.8 Å². The van der Waals surface area contributed by atoms with Gasteiger partial charge in [-0.15, -0.1) is 10.2 Å². The molecule has 1 aromatic heterocycles. The molecular weight excluding hydrogens is 408 g/mol. The van der Waals surface area contributed by atoms with Crippen molar-refractivity contribution in [2.45, 2.75) is 59.3 Å². The molecule has 0 aliphatic carbocycles. The number of aryl methyl sites for hydroxylation is 4. The summed E-state index contributed by atoms with van der Waals surface area (Å²) in [7, 11) is 0. The molecule has 1 N–H and O–H groups in total. The average Bonchev–Trinajstić information content (AvgIpc) is 3.16. The Bertz CT molecular complexity index is 1060. The first kappa shape index (κ1) is 22.9. The van der Waals surface area contributed by atoms with Crippen LogP contribution in [0.2, 0.25) is 0 Å². The minimum Gasteiger partial charge on any atom is -0.485 e. The lowest BCUT2D eigenvalue weighted by Gasteiger charge is -2.13. The Morgan fingerprint density at radius 3 is 2.65 bits per heavy atom. The Morgan fingerprint density at radius 2 is 1.90 bits per heavy atom. The van der Waals surface area contributed by atoms with Gasteiger partial charge in [0.1, 0.15) is 12.4 Å². The van der Waals surface area contributed by atoms with Gasteiger partial charge in [0, 0.05) is 12.2 Å². The molecule has 0 unspecified atom stereocenters. The van der Waals surface area contributed by atoms with Crippen molar-refractivity contribution >= 4 is 23.4 Å². The summed E-state index contributed by atoms with van der Waals surface area (Å²) in [4.78, 5) is 12.6. The van der Waals surface area contributed by atoms with Gasteiger partial charge in [-0.3, -0.25) is 4.79 Å². The van der Waals surface area contributed by atoms with E-state index in [0.29, 0.717) is 13.2 Å². The van der Waals surface area contributed by atoms with Crippen LogP contribution in [0.4, 0.5) is 5.69 Å². The summed E-state index contributed by atoms with van der Waals surface area (Å²) in [5.41, 5.74) is 5.36. The lowest BCUT2D eigenvalue weighted by Crippen LogP contribution is -2.17. The Morgan fingerprint density at radius 1 is 1.10 bits per heavy atom. The highest BCUT2D eigenvalue weighted by Gasteiger charge is 2.15. The van der Waals surface area contributed by atoms with Gasteiger partial charge in [0.05, 0.1) is 5.75 Å². The number of para-hydroxylation sites is 1. The molecule has 6 nitrogen and oxygen atoms in total. The Hall–Kier alpha value is -2.80. The van der Waals surface area contributed by atoms with Crippen molar-refractivity contribution in [3.8, 4) is 5.75 Å². The zero-order chi connectivity index (χ0) is 22.4. The molecule has 3 aromatic rings. The van der Waals surface area contributed by atoms with Crippen molar-refractivity contribution in [2.24, 2.45) is 0 Å². The number of thioether (sulfide) groups is 1. The molecule has 1 amide bonds. The molecule has 0 spiro atoms.